The van der Waals surface area contributed by atoms with Crippen molar-refractivity contribution in [1.29, 1.82) is 0 Å². The highest BCUT2D eigenvalue weighted by Gasteiger charge is 2.51. The fraction of sp³-hybridized carbons (Fsp3) is 0.278. The molecule has 0 aromatic heterocycles. The minimum atomic E-state index is -0.301. The summed E-state index contributed by atoms with van der Waals surface area (Å²) in [4.78, 5) is 12.3. The Labute approximate surface area is 139 Å². The number of hydrazine groups is 1. The summed E-state index contributed by atoms with van der Waals surface area (Å²) in [5.74, 6) is 0.973. The number of carbonyl (C=O) groups excluding carboxylic acids is 1. The van der Waals surface area contributed by atoms with E-state index in [1.165, 1.54) is 0 Å². The molecule has 4 N–H and O–H groups in total. The van der Waals surface area contributed by atoms with Crippen molar-refractivity contribution >= 4 is 5.91 Å². The molecule has 2 aliphatic heterocycles. The Morgan fingerprint density at radius 3 is 2.42 bits per heavy atom. The Hall–Kier alpha value is -2.57. The quantitative estimate of drug-likeness (QED) is 0.686. The van der Waals surface area contributed by atoms with E-state index < -0.39 is 0 Å². The van der Waals surface area contributed by atoms with Crippen molar-refractivity contribution in [2.24, 2.45) is 5.92 Å². The Morgan fingerprint density at radius 2 is 1.71 bits per heavy atom. The number of phenolic OH excluding ortho intramolecular Hbond substituents is 1. The SMILES string of the molecule is COc1ccc(C2NNC3C(=O)NC(c4cccc(O)c4)C32)cc1. The third kappa shape index (κ3) is 2.40. The maximum Gasteiger partial charge on any atom is 0.239 e. The number of ether oxygens (including phenoxy) is 1. The highest BCUT2D eigenvalue weighted by Crippen LogP contribution is 2.42. The van der Waals surface area contributed by atoms with Crippen molar-refractivity contribution in [2.75, 3.05) is 7.11 Å². The van der Waals surface area contributed by atoms with Gasteiger partial charge in [0.25, 0.3) is 0 Å². The Bertz CT molecular complexity index is 762. The Balaban J connectivity index is 1.68. The van der Waals surface area contributed by atoms with Gasteiger partial charge in [0.15, 0.2) is 0 Å². The van der Waals surface area contributed by atoms with Crippen molar-refractivity contribution < 1.29 is 14.6 Å². The fourth-order valence-electron chi connectivity index (χ4n) is 3.67. The van der Waals surface area contributed by atoms with Gasteiger partial charge >= 0.3 is 0 Å². The van der Waals surface area contributed by atoms with Crippen molar-refractivity contribution in [1.82, 2.24) is 16.2 Å². The van der Waals surface area contributed by atoms with Gasteiger partial charge in [0.05, 0.1) is 19.2 Å². The van der Waals surface area contributed by atoms with Gasteiger partial charge < -0.3 is 15.2 Å². The molecule has 0 bridgehead atoms. The number of aromatic hydroxyl groups is 1. The normalized spacial score (nSPS) is 28.5. The van der Waals surface area contributed by atoms with E-state index in [9.17, 15) is 9.90 Å². The van der Waals surface area contributed by atoms with Crippen LogP contribution in [-0.4, -0.2) is 24.2 Å². The second-order valence-corrected chi connectivity index (χ2v) is 6.18. The Kier molecular flexibility index (Phi) is 3.63. The topological polar surface area (TPSA) is 82.6 Å². The predicted octanol–water partition coefficient (Wildman–Crippen LogP) is 1.41. The van der Waals surface area contributed by atoms with Gasteiger partial charge in [0.2, 0.25) is 5.91 Å². The largest absolute Gasteiger partial charge is 0.508 e. The van der Waals surface area contributed by atoms with E-state index in [-0.39, 0.29) is 35.7 Å². The molecule has 1 amide bonds. The number of methoxy groups -OCH3 is 1. The van der Waals surface area contributed by atoms with Crippen LogP contribution in [0.1, 0.15) is 23.2 Å². The maximum absolute atomic E-state index is 12.3. The van der Waals surface area contributed by atoms with Crippen molar-refractivity contribution in [3.05, 3.63) is 59.7 Å². The smallest absolute Gasteiger partial charge is 0.239 e. The lowest BCUT2D eigenvalue weighted by Crippen LogP contribution is -2.39. The van der Waals surface area contributed by atoms with Gasteiger partial charge in [0, 0.05) is 5.92 Å². The number of hydrogen-bond donors (Lipinski definition) is 4. The van der Waals surface area contributed by atoms with Crippen molar-refractivity contribution in [3.63, 3.8) is 0 Å². The minimum absolute atomic E-state index is 0.00712. The van der Waals surface area contributed by atoms with Crippen LogP contribution in [0.15, 0.2) is 48.5 Å². The number of phenols is 1. The maximum atomic E-state index is 12.3. The van der Waals surface area contributed by atoms with Crippen LogP contribution >= 0.6 is 0 Å². The molecule has 4 rings (SSSR count). The van der Waals surface area contributed by atoms with Crippen LogP contribution in [0.5, 0.6) is 11.5 Å². The monoisotopic (exact) mass is 325 g/mol. The van der Waals surface area contributed by atoms with Gasteiger partial charge in [-0.05, 0) is 35.4 Å². The van der Waals surface area contributed by atoms with E-state index in [1.54, 1.807) is 25.3 Å². The van der Waals surface area contributed by atoms with Gasteiger partial charge in [-0.2, -0.15) is 0 Å². The van der Waals surface area contributed by atoms with Crippen molar-refractivity contribution in [2.45, 2.75) is 18.1 Å². The van der Waals surface area contributed by atoms with Crippen LogP contribution in [0, 0.1) is 5.92 Å². The average Bonchev–Trinajstić information content (AvgIpc) is 3.17. The standard InChI is InChI=1S/C18H19N3O3/c1-24-13-7-5-10(6-8-13)16-14-15(11-3-2-4-12(22)9-11)19-18(23)17(14)21-20-16/h2-9,14-17,20-22H,1H3,(H,19,23). The molecular formula is C18H19N3O3. The average molecular weight is 325 g/mol. The lowest BCUT2D eigenvalue weighted by Gasteiger charge is -2.24. The number of fused-ring (bicyclic) bond motifs is 1. The highest BCUT2D eigenvalue weighted by atomic mass is 16.5. The molecule has 6 nitrogen and oxygen atoms in total. The van der Waals surface area contributed by atoms with Crippen LogP contribution in [0.3, 0.4) is 0 Å². The first-order valence-electron chi connectivity index (χ1n) is 7.91. The molecule has 4 unspecified atom stereocenters. The van der Waals surface area contributed by atoms with Crippen LogP contribution in [0.2, 0.25) is 0 Å². The summed E-state index contributed by atoms with van der Waals surface area (Å²) in [6.45, 7) is 0. The first-order chi connectivity index (χ1) is 11.7. The molecule has 0 spiro atoms. The van der Waals surface area contributed by atoms with E-state index >= 15 is 0 Å². The lowest BCUT2D eigenvalue weighted by molar-refractivity contribution is -0.121. The number of hydrogen-bond acceptors (Lipinski definition) is 5. The van der Waals surface area contributed by atoms with E-state index in [4.69, 9.17) is 4.74 Å². The second kappa shape index (κ2) is 5.81. The summed E-state index contributed by atoms with van der Waals surface area (Å²) in [6.07, 6.45) is 0. The van der Waals surface area contributed by atoms with Crippen molar-refractivity contribution in [3.8, 4) is 11.5 Å². The van der Waals surface area contributed by atoms with Gasteiger partial charge in [-0.3, -0.25) is 4.79 Å². The van der Waals surface area contributed by atoms with Crippen LogP contribution in [-0.2, 0) is 4.79 Å². The number of carbonyl (C=O) groups is 1. The molecule has 0 aliphatic carbocycles. The number of amides is 1. The van der Waals surface area contributed by atoms with Crippen LogP contribution < -0.4 is 20.9 Å². The summed E-state index contributed by atoms with van der Waals surface area (Å²) in [5.41, 5.74) is 8.33. The number of benzene rings is 2. The van der Waals surface area contributed by atoms with E-state index in [0.717, 1.165) is 16.9 Å². The molecule has 6 heteroatoms. The molecule has 2 fully saturated rings. The molecule has 2 heterocycles. The van der Waals surface area contributed by atoms with Gasteiger partial charge in [-0.25, -0.2) is 10.9 Å². The summed E-state index contributed by atoms with van der Waals surface area (Å²) in [7, 11) is 1.64. The molecule has 2 aromatic rings. The van der Waals surface area contributed by atoms with Crippen LogP contribution in [0.4, 0.5) is 0 Å². The Morgan fingerprint density at radius 1 is 0.958 bits per heavy atom. The third-order valence-corrected chi connectivity index (χ3v) is 4.83. The predicted molar refractivity (Wildman–Crippen MR) is 88.3 cm³/mol. The summed E-state index contributed by atoms with van der Waals surface area (Å²) < 4.78 is 5.21. The van der Waals surface area contributed by atoms with E-state index in [1.807, 2.05) is 30.3 Å². The first kappa shape index (κ1) is 15.0. The van der Waals surface area contributed by atoms with Gasteiger partial charge in [-0.15, -0.1) is 0 Å². The number of nitrogens with one attached hydrogen (secondary N) is 3. The zero-order valence-electron chi connectivity index (χ0n) is 13.2. The highest BCUT2D eigenvalue weighted by molar-refractivity contribution is 5.86. The first-order valence-corrected chi connectivity index (χ1v) is 7.91. The van der Waals surface area contributed by atoms with E-state index in [0.29, 0.717) is 0 Å². The minimum Gasteiger partial charge on any atom is -0.508 e. The van der Waals surface area contributed by atoms with Crippen LogP contribution in [0.25, 0.3) is 0 Å². The molecule has 124 valence electrons. The third-order valence-electron chi connectivity index (χ3n) is 4.83. The molecule has 4 atom stereocenters. The molecule has 2 aromatic carbocycles. The summed E-state index contributed by atoms with van der Waals surface area (Å²) >= 11 is 0. The number of rotatable bonds is 3. The zero-order chi connectivity index (χ0) is 16.7. The molecule has 0 saturated carbocycles. The molecular weight excluding hydrogens is 306 g/mol. The summed E-state index contributed by atoms with van der Waals surface area (Å²) in [5, 5.41) is 12.8. The molecule has 2 aliphatic rings. The van der Waals surface area contributed by atoms with Gasteiger partial charge in [0.1, 0.15) is 17.5 Å². The molecule has 2 saturated heterocycles. The molecule has 0 radical (unpaired) electrons. The fourth-order valence-corrected chi connectivity index (χ4v) is 3.67. The second-order valence-electron chi connectivity index (χ2n) is 6.18. The zero-order valence-corrected chi connectivity index (χ0v) is 13.2. The van der Waals surface area contributed by atoms with E-state index in [2.05, 4.69) is 16.2 Å². The molecule has 24 heavy (non-hydrogen) atoms. The van der Waals surface area contributed by atoms with Gasteiger partial charge in [-0.1, -0.05) is 24.3 Å². The lowest BCUT2D eigenvalue weighted by atomic mass is 9.83. The summed E-state index contributed by atoms with van der Waals surface area (Å²) in [6, 6.07) is 14.4.